The molecule has 1 heterocycles. The molecule has 0 amide bonds. The largest absolute Gasteiger partial charge is 0.330 e. The second-order valence-electron chi connectivity index (χ2n) is 8.81. The predicted octanol–water partition coefficient (Wildman–Crippen LogP) is 7.26. The SMILES string of the molecule is CC(C)[Si](C#Cc1cc2ccccc2n1Cc1ccccc1)(C(C)C)C(C)C. The second-order valence-corrected chi connectivity index (χ2v) is 14.4. The van der Waals surface area contributed by atoms with Gasteiger partial charge in [-0.1, -0.05) is 96.0 Å². The third-order valence-electron chi connectivity index (χ3n) is 6.27. The van der Waals surface area contributed by atoms with Crippen LogP contribution in [0.15, 0.2) is 60.7 Å². The molecule has 0 radical (unpaired) electrons. The van der Waals surface area contributed by atoms with Crippen LogP contribution in [0, 0.1) is 11.5 Å². The van der Waals surface area contributed by atoms with Gasteiger partial charge in [-0.2, -0.15) is 0 Å². The molecule has 0 aliphatic carbocycles. The highest BCUT2D eigenvalue weighted by atomic mass is 28.3. The van der Waals surface area contributed by atoms with Crippen LogP contribution in [-0.4, -0.2) is 12.6 Å². The molecular formula is C26H33NSi. The Balaban J connectivity index is 2.14. The molecule has 0 aliphatic rings. The van der Waals surface area contributed by atoms with Gasteiger partial charge in [0.2, 0.25) is 0 Å². The van der Waals surface area contributed by atoms with Gasteiger partial charge in [-0.05, 0) is 34.3 Å². The fraction of sp³-hybridized carbons (Fsp3) is 0.385. The lowest BCUT2D eigenvalue weighted by Gasteiger charge is -2.38. The van der Waals surface area contributed by atoms with E-state index < -0.39 is 8.07 Å². The lowest BCUT2D eigenvalue weighted by atomic mass is 10.2. The van der Waals surface area contributed by atoms with Gasteiger partial charge < -0.3 is 4.57 Å². The summed E-state index contributed by atoms with van der Waals surface area (Å²) in [5, 5.41) is 1.27. The number of para-hydroxylation sites is 1. The average molecular weight is 388 g/mol. The van der Waals surface area contributed by atoms with Crippen molar-refractivity contribution in [2.24, 2.45) is 0 Å². The lowest BCUT2D eigenvalue weighted by Crippen LogP contribution is -2.43. The second kappa shape index (κ2) is 8.41. The van der Waals surface area contributed by atoms with E-state index in [4.69, 9.17) is 0 Å². The highest BCUT2D eigenvalue weighted by Crippen LogP contribution is 2.40. The summed E-state index contributed by atoms with van der Waals surface area (Å²) in [5.41, 5.74) is 9.56. The Kier molecular flexibility index (Phi) is 6.16. The summed E-state index contributed by atoms with van der Waals surface area (Å²) in [4.78, 5) is 0. The number of hydrogen-bond donors (Lipinski definition) is 0. The summed E-state index contributed by atoms with van der Waals surface area (Å²) < 4.78 is 2.39. The molecule has 0 N–H and O–H groups in total. The van der Waals surface area contributed by atoms with Gasteiger partial charge in [0.1, 0.15) is 8.07 Å². The summed E-state index contributed by atoms with van der Waals surface area (Å²) in [6.07, 6.45) is 0. The Morgan fingerprint density at radius 1 is 0.786 bits per heavy atom. The molecule has 0 saturated carbocycles. The Bertz CT molecular complexity index is 962. The van der Waals surface area contributed by atoms with Crippen molar-refractivity contribution in [3.8, 4) is 11.5 Å². The molecule has 2 heteroatoms. The highest BCUT2D eigenvalue weighted by Gasteiger charge is 2.41. The van der Waals surface area contributed by atoms with E-state index in [0.717, 1.165) is 12.2 Å². The van der Waals surface area contributed by atoms with Crippen LogP contribution in [-0.2, 0) is 6.54 Å². The highest BCUT2D eigenvalue weighted by molar-refractivity contribution is 6.90. The van der Waals surface area contributed by atoms with Crippen molar-refractivity contribution >= 4 is 19.0 Å². The Morgan fingerprint density at radius 2 is 1.36 bits per heavy atom. The van der Waals surface area contributed by atoms with Crippen molar-refractivity contribution in [3.05, 3.63) is 71.9 Å². The molecule has 0 aliphatic heterocycles. The third kappa shape index (κ3) is 3.82. The molecule has 3 aromatic rings. The van der Waals surface area contributed by atoms with Crippen LogP contribution in [0.2, 0.25) is 16.6 Å². The maximum absolute atomic E-state index is 3.90. The van der Waals surface area contributed by atoms with E-state index in [1.807, 2.05) is 0 Å². The number of hydrogen-bond acceptors (Lipinski definition) is 0. The standard InChI is InChI=1S/C26H33NSi/c1-20(2)28(21(3)4,22(5)6)17-16-25-18-24-14-10-11-15-26(24)27(25)19-23-12-8-7-9-13-23/h7-15,18,20-22H,19H2,1-6H3. The lowest BCUT2D eigenvalue weighted by molar-refractivity contribution is 0.824. The number of aromatic nitrogens is 1. The number of fused-ring (bicyclic) bond motifs is 1. The maximum atomic E-state index is 3.90. The van der Waals surface area contributed by atoms with Gasteiger partial charge in [0.05, 0.1) is 5.69 Å². The van der Waals surface area contributed by atoms with Gasteiger partial charge in [-0.25, -0.2) is 0 Å². The van der Waals surface area contributed by atoms with Crippen molar-refractivity contribution in [2.75, 3.05) is 0 Å². The summed E-state index contributed by atoms with van der Waals surface area (Å²) in [5.74, 6) is 3.68. The smallest absolute Gasteiger partial charge is 0.146 e. The summed E-state index contributed by atoms with van der Waals surface area (Å²) in [7, 11) is -1.75. The van der Waals surface area contributed by atoms with Crippen LogP contribution < -0.4 is 0 Å². The van der Waals surface area contributed by atoms with Gasteiger partial charge in [0, 0.05) is 17.4 Å². The fourth-order valence-electron chi connectivity index (χ4n) is 4.86. The van der Waals surface area contributed by atoms with Gasteiger partial charge in [-0.15, -0.1) is 5.54 Å². The molecule has 1 aromatic heterocycles. The molecular weight excluding hydrogens is 354 g/mol. The zero-order valence-corrected chi connectivity index (χ0v) is 19.2. The van der Waals surface area contributed by atoms with Crippen molar-refractivity contribution in [1.82, 2.24) is 4.57 Å². The molecule has 28 heavy (non-hydrogen) atoms. The summed E-state index contributed by atoms with van der Waals surface area (Å²) >= 11 is 0. The fourth-order valence-corrected chi connectivity index (χ4v) is 10.1. The van der Waals surface area contributed by atoms with Gasteiger partial charge in [-0.3, -0.25) is 0 Å². The van der Waals surface area contributed by atoms with Crippen LogP contribution in [0.4, 0.5) is 0 Å². The summed E-state index contributed by atoms with van der Waals surface area (Å²) in [6.45, 7) is 15.1. The van der Waals surface area contributed by atoms with Crippen molar-refractivity contribution in [3.63, 3.8) is 0 Å². The molecule has 0 atom stereocenters. The van der Waals surface area contributed by atoms with E-state index >= 15 is 0 Å². The van der Waals surface area contributed by atoms with E-state index in [-0.39, 0.29) is 0 Å². The van der Waals surface area contributed by atoms with Crippen LogP contribution >= 0.6 is 0 Å². The van der Waals surface area contributed by atoms with Crippen LogP contribution in [0.3, 0.4) is 0 Å². The zero-order chi connectivity index (χ0) is 20.3. The first-order valence-corrected chi connectivity index (χ1v) is 12.7. The first-order chi connectivity index (χ1) is 13.4. The third-order valence-corrected chi connectivity index (χ3v) is 12.6. The van der Waals surface area contributed by atoms with E-state index in [2.05, 4.69) is 118 Å². The van der Waals surface area contributed by atoms with E-state index in [0.29, 0.717) is 16.6 Å². The first-order valence-electron chi connectivity index (χ1n) is 10.5. The van der Waals surface area contributed by atoms with E-state index in [1.165, 1.54) is 16.5 Å². The minimum atomic E-state index is -1.75. The van der Waals surface area contributed by atoms with Crippen LogP contribution in [0.1, 0.15) is 52.8 Å². The first kappa shape index (κ1) is 20.5. The summed E-state index contributed by atoms with van der Waals surface area (Å²) in [6, 6.07) is 21.6. The molecule has 0 bridgehead atoms. The number of benzene rings is 2. The van der Waals surface area contributed by atoms with Gasteiger partial charge in [0.25, 0.3) is 0 Å². The molecule has 0 fully saturated rings. The molecule has 146 valence electrons. The Labute approximate surface area is 171 Å². The maximum Gasteiger partial charge on any atom is 0.146 e. The van der Waals surface area contributed by atoms with Crippen molar-refractivity contribution < 1.29 is 0 Å². The normalized spacial score (nSPS) is 12.0. The zero-order valence-electron chi connectivity index (χ0n) is 18.2. The van der Waals surface area contributed by atoms with Gasteiger partial charge >= 0.3 is 0 Å². The quantitative estimate of drug-likeness (QED) is 0.321. The molecule has 0 unspecified atom stereocenters. The van der Waals surface area contributed by atoms with Crippen molar-refractivity contribution in [2.45, 2.75) is 64.7 Å². The van der Waals surface area contributed by atoms with Gasteiger partial charge in [0.15, 0.2) is 0 Å². The average Bonchev–Trinajstić information content (AvgIpc) is 3.00. The minimum absolute atomic E-state index is 0.645. The Hall–Kier alpha value is -2.24. The molecule has 3 rings (SSSR count). The van der Waals surface area contributed by atoms with Crippen LogP contribution in [0.5, 0.6) is 0 Å². The topological polar surface area (TPSA) is 4.93 Å². The monoisotopic (exact) mass is 387 g/mol. The van der Waals surface area contributed by atoms with Crippen molar-refractivity contribution in [1.29, 1.82) is 0 Å². The van der Waals surface area contributed by atoms with E-state index in [1.54, 1.807) is 0 Å². The molecule has 2 aromatic carbocycles. The molecule has 1 nitrogen and oxygen atoms in total. The predicted molar refractivity (Wildman–Crippen MR) is 125 cm³/mol. The van der Waals surface area contributed by atoms with E-state index in [9.17, 15) is 0 Å². The minimum Gasteiger partial charge on any atom is -0.330 e. The number of rotatable bonds is 5. The number of nitrogens with zero attached hydrogens (tertiary/aromatic N) is 1. The van der Waals surface area contributed by atoms with Crippen LogP contribution in [0.25, 0.3) is 10.9 Å². The molecule has 0 spiro atoms. The Morgan fingerprint density at radius 3 is 1.96 bits per heavy atom. The molecule has 0 saturated heterocycles.